The Bertz CT molecular complexity index is 387. The summed E-state index contributed by atoms with van der Waals surface area (Å²) in [7, 11) is 0. The minimum absolute atomic E-state index is 0.0317. The minimum Gasteiger partial charge on any atom is -0.382 e. The van der Waals surface area contributed by atoms with E-state index in [0.717, 1.165) is 6.42 Å². The van der Waals surface area contributed by atoms with Gasteiger partial charge >= 0.3 is 5.69 Å². The van der Waals surface area contributed by atoms with Gasteiger partial charge < -0.3 is 10.1 Å². The molecule has 0 saturated heterocycles. The molecule has 1 N–H and O–H groups in total. The molecule has 94 valence electrons. The summed E-state index contributed by atoms with van der Waals surface area (Å²) in [5, 5.41) is 13.8. The van der Waals surface area contributed by atoms with E-state index in [-0.39, 0.29) is 5.69 Å². The summed E-state index contributed by atoms with van der Waals surface area (Å²) in [5.74, 6) is 0. The van der Waals surface area contributed by atoms with Crippen LogP contribution < -0.4 is 5.32 Å². The first-order valence-electron chi connectivity index (χ1n) is 5.26. The SMILES string of the molecule is CCOCCCNc1c(Br)cncc1[N+](=O)[O-]. The average molecular weight is 304 g/mol. The molecule has 7 heteroatoms. The summed E-state index contributed by atoms with van der Waals surface area (Å²) in [6, 6.07) is 0. The lowest BCUT2D eigenvalue weighted by Crippen LogP contribution is -2.08. The van der Waals surface area contributed by atoms with Crippen molar-refractivity contribution in [2.45, 2.75) is 13.3 Å². The zero-order chi connectivity index (χ0) is 12.7. The Hall–Kier alpha value is -1.21. The Morgan fingerprint density at radius 3 is 3.00 bits per heavy atom. The molecule has 0 spiro atoms. The largest absolute Gasteiger partial charge is 0.382 e. The molecule has 0 aliphatic rings. The van der Waals surface area contributed by atoms with E-state index >= 15 is 0 Å². The van der Waals surface area contributed by atoms with Crippen molar-refractivity contribution in [2.75, 3.05) is 25.1 Å². The second-order valence-electron chi connectivity index (χ2n) is 3.25. The van der Waals surface area contributed by atoms with Crippen molar-refractivity contribution in [3.63, 3.8) is 0 Å². The van der Waals surface area contributed by atoms with Crippen molar-refractivity contribution in [3.8, 4) is 0 Å². The van der Waals surface area contributed by atoms with Crippen molar-refractivity contribution in [2.24, 2.45) is 0 Å². The van der Waals surface area contributed by atoms with E-state index in [4.69, 9.17) is 4.74 Å². The van der Waals surface area contributed by atoms with Crippen LogP contribution in [0.2, 0.25) is 0 Å². The van der Waals surface area contributed by atoms with Crippen molar-refractivity contribution in [1.29, 1.82) is 0 Å². The molecule has 0 aliphatic carbocycles. The molecule has 0 radical (unpaired) electrons. The topological polar surface area (TPSA) is 77.3 Å². The van der Waals surface area contributed by atoms with E-state index in [1.54, 1.807) is 0 Å². The van der Waals surface area contributed by atoms with E-state index < -0.39 is 4.92 Å². The van der Waals surface area contributed by atoms with Gasteiger partial charge in [0, 0.05) is 26.0 Å². The van der Waals surface area contributed by atoms with Gasteiger partial charge in [-0.2, -0.15) is 0 Å². The summed E-state index contributed by atoms with van der Waals surface area (Å²) in [5.41, 5.74) is 0.428. The summed E-state index contributed by atoms with van der Waals surface area (Å²) >= 11 is 3.24. The quantitative estimate of drug-likeness (QED) is 0.476. The van der Waals surface area contributed by atoms with E-state index in [2.05, 4.69) is 26.2 Å². The number of nitrogens with zero attached hydrogens (tertiary/aromatic N) is 2. The molecule has 6 nitrogen and oxygen atoms in total. The van der Waals surface area contributed by atoms with Gasteiger partial charge in [0.05, 0.1) is 9.40 Å². The highest BCUT2D eigenvalue weighted by Crippen LogP contribution is 2.30. The summed E-state index contributed by atoms with van der Waals surface area (Å²) in [4.78, 5) is 14.1. The third-order valence-electron chi connectivity index (χ3n) is 2.05. The smallest absolute Gasteiger partial charge is 0.311 e. The van der Waals surface area contributed by atoms with Gasteiger partial charge in [0.25, 0.3) is 0 Å². The van der Waals surface area contributed by atoms with Gasteiger partial charge in [0.1, 0.15) is 11.9 Å². The zero-order valence-corrected chi connectivity index (χ0v) is 11.1. The predicted molar refractivity (Wildman–Crippen MR) is 68.2 cm³/mol. The molecule has 0 saturated carbocycles. The summed E-state index contributed by atoms with van der Waals surface area (Å²) in [6.07, 6.45) is 3.55. The van der Waals surface area contributed by atoms with Crippen LogP contribution in [-0.2, 0) is 4.74 Å². The van der Waals surface area contributed by atoms with E-state index in [1.807, 2.05) is 6.92 Å². The van der Waals surface area contributed by atoms with Crippen LogP contribution in [0.1, 0.15) is 13.3 Å². The van der Waals surface area contributed by atoms with E-state index in [1.165, 1.54) is 12.4 Å². The predicted octanol–water partition coefficient (Wildman–Crippen LogP) is 2.59. The van der Waals surface area contributed by atoms with Crippen molar-refractivity contribution >= 4 is 27.3 Å². The number of hydrogen-bond acceptors (Lipinski definition) is 5. The number of aromatic nitrogens is 1. The molecule has 0 atom stereocenters. The first-order chi connectivity index (χ1) is 8.16. The highest BCUT2D eigenvalue weighted by Gasteiger charge is 2.16. The summed E-state index contributed by atoms with van der Waals surface area (Å²) in [6.45, 7) is 3.86. The van der Waals surface area contributed by atoms with Crippen molar-refractivity contribution < 1.29 is 9.66 Å². The van der Waals surface area contributed by atoms with Crippen LogP contribution in [-0.4, -0.2) is 29.7 Å². The van der Waals surface area contributed by atoms with Crippen LogP contribution in [0.4, 0.5) is 11.4 Å². The first-order valence-corrected chi connectivity index (χ1v) is 6.05. The number of nitrogens with one attached hydrogen (secondary N) is 1. The molecule has 1 heterocycles. The molecule has 0 fully saturated rings. The Balaban J connectivity index is 2.60. The summed E-state index contributed by atoms with van der Waals surface area (Å²) < 4.78 is 5.77. The number of hydrogen-bond donors (Lipinski definition) is 1. The minimum atomic E-state index is -0.456. The van der Waals surface area contributed by atoms with Crippen LogP contribution in [0.5, 0.6) is 0 Å². The highest BCUT2D eigenvalue weighted by atomic mass is 79.9. The van der Waals surface area contributed by atoms with Gasteiger partial charge in [-0.3, -0.25) is 15.1 Å². The van der Waals surface area contributed by atoms with Crippen LogP contribution in [0.3, 0.4) is 0 Å². The maximum atomic E-state index is 10.8. The molecular formula is C10H14BrN3O3. The molecule has 1 aromatic rings. The third-order valence-corrected chi connectivity index (χ3v) is 2.65. The number of anilines is 1. The number of halogens is 1. The molecule has 0 aromatic carbocycles. The number of pyridine rings is 1. The average Bonchev–Trinajstić information content (AvgIpc) is 2.30. The van der Waals surface area contributed by atoms with Gasteiger partial charge in [-0.05, 0) is 29.3 Å². The van der Waals surface area contributed by atoms with E-state index in [9.17, 15) is 10.1 Å². The number of nitro groups is 1. The standard InChI is InChI=1S/C10H14BrN3O3/c1-2-17-5-3-4-13-10-8(11)6-12-7-9(10)14(15)16/h6-7H,2-5H2,1H3,(H,12,13). The zero-order valence-electron chi connectivity index (χ0n) is 9.48. The molecule has 1 aromatic heterocycles. The Morgan fingerprint density at radius 2 is 2.35 bits per heavy atom. The molecule has 0 unspecified atom stereocenters. The van der Waals surface area contributed by atoms with Gasteiger partial charge in [0.15, 0.2) is 0 Å². The van der Waals surface area contributed by atoms with Crippen LogP contribution in [0.15, 0.2) is 16.9 Å². The van der Waals surface area contributed by atoms with Crippen LogP contribution in [0.25, 0.3) is 0 Å². The van der Waals surface area contributed by atoms with Crippen molar-refractivity contribution in [3.05, 3.63) is 27.0 Å². The van der Waals surface area contributed by atoms with Crippen LogP contribution >= 0.6 is 15.9 Å². The second-order valence-corrected chi connectivity index (χ2v) is 4.10. The fourth-order valence-corrected chi connectivity index (χ4v) is 1.73. The van der Waals surface area contributed by atoms with Gasteiger partial charge in [0.2, 0.25) is 0 Å². The van der Waals surface area contributed by atoms with Gasteiger partial charge in [-0.15, -0.1) is 0 Å². The maximum Gasteiger partial charge on any atom is 0.311 e. The number of rotatable bonds is 7. The normalized spacial score (nSPS) is 10.2. The fourth-order valence-electron chi connectivity index (χ4n) is 1.27. The van der Waals surface area contributed by atoms with Crippen LogP contribution in [0, 0.1) is 10.1 Å². The lowest BCUT2D eigenvalue weighted by Gasteiger charge is -2.08. The van der Waals surface area contributed by atoms with Gasteiger partial charge in [-0.25, -0.2) is 0 Å². The maximum absolute atomic E-state index is 10.8. The Labute approximate surface area is 108 Å². The molecule has 17 heavy (non-hydrogen) atoms. The molecule has 0 amide bonds. The first kappa shape index (κ1) is 13.9. The fraction of sp³-hybridized carbons (Fsp3) is 0.500. The second kappa shape index (κ2) is 7.18. The lowest BCUT2D eigenvalue weighted by molar-refractivity contribution is -0.384. The number of ether oxygens (including phenoxy) is 1. The molecular weight excluding hydrogens is 290 g/mol. The van der Waals surface area contributed by atoms with E-state index in [0.29, 0.717) is 29.9 Å². The molecule has 0 bridgehead atoms. The molecule has 0 aliphatic heterocycles. The molecule has 1 rings (SSSR count). The monoisotopic (exact) mass is 303 g/mol. The Morgan fingerprint density at radius 1 is 1.59 bits per heavy atom. The van der Waals surface area contributed by atoms with Crippen molar-refractivity contribution in [1.82, 2.24) is 4.98 Å². The lowest BCUT2D eigenvalue weighted by atomic mass is 10.3. The third kappa shape index (κ3) is 4.27. The Kier molecular flexibility index (Phi) is 5.85. The van der Waals surface area contributed by atoms with Gasteiger partial charge in [-0.1, -0.05) is 0 Å². The highest BCUT2D eigenvalue weighted by molar-refractivity contribution is 9.10.